The molecule has 0 aliphatic carbocycles. The van der Waals surface area contributed by atoms with Crippen molar-refractivity contribution in [3.63, 3.8) is 0 Å². The molecule has 2 unspecified atom stereocenters. The summed E-state index contributed by atoms with van der Waals surface area (Å²) in [5.41, 5.74) is -0.624. The summed E-state index contributed by atoms with van der Waals surface area (Å²) in [6.45, 7) is 5.17. The second-order valence-corrected chi connectivity index (χ2v) is 4.53. The zero-order valence-electron chi connectivity index (χ0n) is 8.96. The molecule has 0 aromatic rings. The number of hydrogen-bond acceptors (Lipinski definition) is 4. The lowest BCUT2D eigenvalue weighted by Gasteiger charge is -2.24. The number of rotatable bonds is 7. The number of ether oxygens (including phenoxy) is 1. The first kappa shape index (κ1) is 13.2. The topological polar surface area (TPSA) is 41.5 Å². The molecule has 0 aliphatic rings. The lowest BCUT2D eigenvalue weighted by atomic mass is 10.1. The van der Waals surface area contributed by atoms with Gasteiger partial charge in [0.1, 0.15) is 0 Å². The summed E-state index contributed by atoms with van der Waals surface area (Å²) >= 11 is 1.65. The van der Waals surface area contributed by atoms with Crippen LogP contribution in [0.2, 0.25) is 0 Å². The van der Waals surface area contributed by atoms with E-state index in [-0.39, 0.29) is 0 Å². The molecule has 0 aliphatic heterocycles. The van der Waals surface area contributed by atoms with E-state index in [1.165, 1.54) is 0 Å². The molecule has 0 aromatic heterocycles. The first-order valence-corrected chi connectivity index (χ1v) is 5.85. The van der Waals surface area contributed by atoms with Gasteiger partial charge in [-0.05, 0) is 20.1 Å². The fourth-order valence-corrected chi connectivity index (χ4v) is 1.79. The summed E-state index contributed by atoms with van der Waals surface area (Å²) in [4.78, 5) is 0. The van der Waals surface area contributed by atoms with Crippen molar-refractivity contribution in [2.45, 2.75) is 25.5 Å². The predicted molar refractivity (Wildman–Crippen MR) is 58.3 cm³/mol. The molecule has 0 spiro atoms. The highest BCUT2D eigenvalue weighted by atomic mass is 32.2. The van der Waals surface area contributed by atoms with E-state index in [1.807, 2.05) is 20.1 Å². The van der Waals surface area contributed by atoms with E-state index in [1.54, 1.807) is 18.9 Å². The van der Waals surface area contributed by atoms with Crippen LogP contribution in [0.15, 0.2) is 0 Å². The van der Waals surface area contributed by atoms with Crippen molar-refractivity contribution in [3.8, 4) is 0 Å². The van der Waals surface area contributed by atoms with Crippen LogP contribution >= 0.6 is 11.8 Å². The molecular formula is C9H21NO2S. The molecule has 2 N–H and O–H groups in total. The second-order valence-electron chi connectivity index (χ2n) is 3.67. The summed E-state index contributed by atoms with van der Waals surface area (Å²) < 4.78 is 4.98. The molecule has 0 aromatic carbocycles. The highest BCUT2D eigenvalue weighted by molar-refractivity contribution is 7.98. The molecule has 2 atom stereocenters. The van der Waals surface area contributed by atoms with Gasteiger partial charge in [0.05, 0.1) is 12.2 Å². The van der Waals surface area contributed by atoms with Crippen LogP contribution in [0.4, 0.5) is 0 Å². The van der Waals surface area contributed by atoms with Gasteiger partial charge in [0.2, 0.25) is 0 Å². The van der Waals surface area contributed by atoms with Crippen molar-refractivity contribution < 1.29 is 9.84 Å². The van der Waals surface area contributed by atoms with Gasteiger partial charge in [-0.15, -0.1) is 0 Å². The minimum atomic E-state index is -0.624. The van der Waals surface area contributed by atoms with Crippen LogP contribution in [-0.4, -0.2) is 49.0 Å². The zero-order valence-corrected chi connectivity index (χ0v) is 9.78. The average Bonchev–Trinajstić information content (AvgIpc) is 2.02. The lowest BCUT2D eigenvalue weighted by molar-refractivity contribution is 0.0759. The summed E-state index contributed by atoms with van der Waals surface area (Å²) in [6, 6.07) is 0.290. The van der Waals surface area contributed by atoms with Gasteiger partial charge in [-0.1, -0.05) is 0 Å². The molecule has 0 fully saturated rings. The molecular weight excluding hydrogens is 186 g/mol. The highest BCUT2D eigenvalue weighted by Crippen LogP contribution is 2.09. The fraction of sp³-hybridized carbons (Fsp3) is 1.00. The Morgan fingerprint density at radius 3 is 2.69 bits per heavy atom. The smallest absolute Gasteiger partial charge is 0.0833 e. The molecule has 13 heavy (non-hydrogen) atoms. The van der Waals surface area contributed by atoms with E-state index in [9.17, 15) is 5.11 Å². The minimum absolute atomic E-state index is 0.290. The van der Waals surface area contributed by atoms with Crippen LogP contribution in [0, 0.1) is 0 Å². The highest BCUT2D eigenvalue weighted by Gasteiger charge is 2.19. The van der Waals surface area contributed by atoms with Gasteiger partial charge >= 0.3 is 0 Å². The molecule has 0 amide bonds. The molecule has 0 bridgehead atoms. The van der Waals surface area contributed by atoms with E-state index in [0.29, 0.717) is 19.2 Å². The van der Waals surface area contributed by atoms with E-state index < -0.39 is 5.60 Å². The number of aliphatic hydroxyl groups is 1. The van der Waals surface area contributed by atoms with Gasteiger partial charge < -0.3 is 15.2 Å². The molecule has 0 saturated carbocycles. The Kier molecular flexibility index (Phi) is 6.77. The van der Waals surface area contributed by atoms with Gasteiger partial charge in [-0.2, -0.15) is 11.8 Å². The molecule has 3 nitrogen and oxygen atoms in total. The molecule has 0 saturated heterocycles. The van der Waals surface area contributed by atoms with Gasteiger partial charge in [0, 0.05) is 25.4 Å². The Morgan fingerprint density at radius 2 is 2.23 bits per heavy atom. The van der Waals surface area contributed by atoms with Crippen LogP contribution in [0.3, 0.4) is 0 Å². The number of hydrogen-bond donors (Lipinski definition) is 2. The first-order chi connectivity index (χ1) is 6.02. The van der Waals surface area contributed by atoms with Crippen LogP contribution in [0.5, 0.6) is 0 Å². The second kappa shape index (κ2) is 6.65. The van der Waals surface area contributed by atoms with Crippen LogP contribution in [0.1, 0.15) is 13.8 Å². The summed E-state index contributed by atoms with van der Waals surface area (Å²) in [5.74, 6) is 0.750. The average molecular weight is 207 g/mol. The van der Waals surface area contributed by atoms with Crippen LogP contribution in [0.25, 0.3) is 0 Å². The number of methoxy groups -OCH3 is 1. The van der Waals surface area contributed by atoms with E-state index in [0.717, 1.165) is 5.75 Å². The molecule has 4 heteroatoms. The third-order valence-electron chi connectivity index (χ3n) is 1.70. The minimum Gasteiger partial charge on any atom is -0.388 e. The largest absolute Gasteiger partial charge is 0.388 e. The molecule has 0 rings (SSSR count). The van der Waals surface area contributed by atoms with Crippen molar-refractivity contribution in [1.82, 2.24) is 5.32 Å². The summed E-state index contributed by atoms with van der Waals surface area (Å²) in [7, 11) is 1.68. The van der Waals surface area contributed by atoms with Crippen molar-refractivity contribution >= 4 is 11.8 Å². The summed E-state index contributed by atoms with van der Waals surface area (Å²) in [5, 5.41) is 13.0. The van der Waals surface area contributed by atoms with Gasteiger partial charge in [-0.3, -0.25) is 0 Å². The molecule has 0 heterocycles. The van der Waals surface area contributed by atoms with Crippen molar-refractivity contribution in [1.29, 1.82) is 0 Å². The maximum Gasteiger partial charge on any atom is 0.0833 e. The third kappa shape index (κ3) is 7.31. The normalized spacial score (nSPS) is 18.2. The first-order valence-electron chi connectivity index (χ1n) is 4.45. The standard InChI is InChI=1S/C9H21NO2S/c1-8(5-12-3)10-6-9(2,11)7-13-4/h8,10-11H,5-7H2,1-4H3. The monoisotopic (exact) mass is 207 g/mol. The predicted octanol–water partition coefficient (Wildman–Crippen LogP) is 0.725. The van der Waals surface area contributed by atoms with Crippen molar-refractivity contribution in [2.24, 2.45) is 0 Å². The number of nitrogens with one attached hydrogen (secondary N) is 1. The van der Waals surface area contributed by atoms with E-state index in [4.69, 9.17) is 4.74 Å². The number of thioether (sulfide) groups is 1. The Hall–Kier alpha value is 0.230. The van der Waals surface area contributed by atoms with Gasteiger partial charge in [0.25, 0.3) is 0 Å². The Labute approximate surface area is 85.2 Å². The van der Waals surface area contributed by atoms with Gasteiger partial charge in [-0.25, -0.2) is 0 Å². The lowest BCUT2D eigenvalue weighted by Crippen LogP contribution is -2.44. The molecule has 0 radical (unpaired) electrons. The van der Waals surface area contributed by atoms with Crippen LogP contribution in [-0.2, 0) is 4.74 Å². The van der Waals surface area contributed by atoms with Crippen molar-refractivity contribution in [3.05, 3.63) is 0 Å². The SMILES string of the molecule is COCC(C)NCC(C)(O)CSC. The Bertz CT molecular complexity index is 131. The molecule has 80 valence electrons. The van der Waals surface area contributed by atoms with Crippen molar-refractivity contribution in [2.75, 3.05) is 32.3 Å². The quantitative estimate of drug-likeness (QED) is 0.645. The maximum atomic E-state index is 9.81. The van der Waals surface area contributed by atoms with Crippen LogP contribution < -0.4 is 5.32 Å². The van der Waals surface area contributed by atoms with Gasteiger partial charge in [0.15, 0.2) is 0 Å². The Morgan fingerprint density at radius 1 is 1.62 bits per heavy atom. The summed E-state index contributed by atoms with van der Waals surface area (Å²) in [6.07, 6.45) is 1.99. The Balaban J connectivity index is 3.60. The third-order valence-corrected chi connectivity index (χ3v) is 2.61. The fourth-order valence-electron chi connectivity index (χ4n) is 1.07. The zero-order chi connectivity index (χ0) is 10.3. The maximum absolute atomic E-state index is 9.81. The van der Waals surface area contributed by atoms with E-state index >= 15 is 0 Å². The van der Waals surface area contributed by atoms with E-state index in [2.05, 4.69) is 5.32 Å².